The van der Waals surface area contributed by atoms with Crippen LogP contribution in [0, 0.1) is 13.8 Å². The van der Waals surface area contributed by atoms with Crippen LogP contribution in [0.15, 0.2) is 229 Å². The summed E-state index contributed by atoms with van der Waals surface area (Å²) >= 11 is 0. The number of phenolic OH excluding ortho intramolecular Hbond substituents is 1. The molecule has 74 heavy (non-hydrogen) atoms. The van der Waals surface area contributed by atoms with Gasteiger partial charge in [-0.25, -0.2) is 0 Å². The first-order valence-electron chi connectivity index (χ1n) is 25.8. The van der Waals surface area contributed by atoms with Crippen LogP contribution in [0.3, 0.4) is 0 Å². The summed E-state index contributed by atoms with van der Waals surface area (Å²) in [6.45, 7) is 8.66. The number of phenols is 1. The van der Waals surface area contributed by atoms with E-state index < -0.39 is 0 Å². The first-order chi connectivity index (χ1) is 36.4. The lowest BCUT2D eigenvalue weighted by Crippen LogP contribution is -2.12. The molecule has 0 saturated carbocycles. The molecule has 0 unspecified atom stereocenters. The van der Waals surface area contributed by atoms with Gasteiger partial charge in [-0.3, -0.25) is 0 Å². The Morgan fingerprint density at radius 3 is 1.45 bits per heavy atom. The minimum Gasteiger partial charge on any atom is -0.505 e. The van der Waals surface area contributed by atoms with Crippen molar-refractivity contribution in [1.82, 2.24) is 0 Å². The summed E-state index contributed by atoms with van der Waals surface area (Å²) in [4.78, 5) is 4.62. The van der Waals surface area contributed by atoms with Crippen LogP contribution in [-0.2, 0) is 12.8 Å². The van der Waals surface area contributed by atoms with Crippen LogP contribution in [0.4, 0.5) is 34.1 Å². The van der Waals surface area contributed by atoms with Crippen LogP contribution in [0.25, 0.3) is 87.6 Å². The Morgan fingerprint density at radius 2 is 0.824 bits per heavy atom. The highest BCUT2D eigenvalue weighted by Crippen LogP contribution is 2.51. The fraction of sp³-hybridized carbons (Fsp3) is 0.0857. The number of hydrogen-bond donors (Lipinski definition) is 1. The molecule has 4 heteroatoms. The fourth-order valence-electron chi connectivity index (χ4n) is 11.6. The molecule has 4 nitrogen and oxygen atoms in total. The van der Waals surface area contributed by atoms with Crippen molar-refractivity contribution >= 4 is 88.4 Å². The Hall–Kier alpha value is -9.12. The molecule has 0 spiro atoms. The molecular weight excluding hydrogens is 901 g/mol. The molecule has 0 bridgehead atoms. The van der Waals surface area contributed by atoms with E-state index in [1.165, 1.54) is 38.6 Å². The summed E-state index contributed by atoms with van der Waals surface area (Å²) in [5, 5.41) is 21.7. The van der Waals surface area contributed by atoms with Gasteiger partial charge in [-0.2, -0.15) is 0 Å². The number of aryl methyl sites for hydroxylation is 4. The van der Waals surface area contributed by atoms with Gasteiger partial charge < -0.3 is 19.3 Å². The molecule has 0 radical (unpaired) electrons. The maximum Gasteiger partial charge on any atom is 0.159 e. The van der Waals surface area contributed by atoms with E-state index in [-0.39, 0.29) is 5.75 Å². The van der Waals surface area contributed by atoms with Crippen LogP contribution in [0.5, 0.6) is 5.75 Å². The minimum absolute atomic E-state index is 0.220. The molecule has 12 aromatic carbocycles. The molecule has 0 aliphatic heterocycles. The van der Waals surface area contributed by atoms with Gasteiger partial charge in [-0.15, -0.1) is 0 Å². The number of rotatable bonds is 11. The summed E-state index contributed by atoms with van der Waals surface area (Å²) < 4.78 is 7.19. The van der Waals surface area contributed by atoms with E-state index in [1.807, 2.05) is 12.1 Å². The smallest absolute Gasteiger partial charge is 0.159 e. The summed E-state index contributed by atoms with van der Waals surface area (Å²) in [6.07, 6.45) is 1.87. The third-order valence-electron chi connectivity index (χ3n) is 15.3. The van der Waals surface area contributed by atoms with Crippen LogP contribution in [0.2, 0.25) is 0 Å². The average molecular weight is 955 g/mol. The predicted octanol–water partition coefficient (Wildman–Crippen LogP) is 19.9. The highest BCUT2D eigenvalue weighted by molar-refractivity contribution is 6.28. The lowest BCUT2D eigenvalue weighted by atomic mass is 9.91. The van der Waals surface area contributed by atoms with Gasteiger partial charge >= 0.3 is 0 Å². The molecular formula is C70H54N2O2. The topological polar surface area (TPSA) is 39.9 Å². The third-order valence-corrected chi connectivity index (χ3v) is 15.3. The number of hydrogen-bond acceptors (Lipinski definition) is 4. The molecule has 0 atom stereocenters. The van der Waals surface area contributed by atoms with Crippen molar-refractivity contribution in [2.45, 2.75) is 40.5 Å². The number of nitrogens with zero attached hydrogens (tertiary/aromatic N) is 2. The second-order valence-electron chi connectivity index (χ2n) is 19.6. The molecule has 13 aromatic rings. The number of benzene rings is 12. The minimum atomic E-state index is 0.220. The van der Waals surface area contributed by atoms with E-state index in [0.717, 1.165) is 113 Å². The largest absolute Gasteiger partial charge is 0.505 e. The van der Waals surface area contributed by atoms with E-state index in [1.54, 1.807) is 0 Å². The highest BCUT2D eigenvalue weighted by atomic mass is 16.3. The zero-order valence-corrected chi connectivity index (χ0v) is 42.0. The average Bonchev–Trinajstić information content (AvgIpc) is 3.88. The maximum atomic E-state index is 12.7. The van der Waals surface area contributed by atoms with Crippen LogP contribution in [0.1, 0.15) is 36.1 Å². The van der Waals surface area contributed by atoms with Crippen molar-refractivity contribution in [3.05, 3.63) is 247 Å². The van der Waals surface area contributed by atoms with Gasteiger partial charge in [0.1, 0.15) is 11.3 Å². The Balaban J connectivity index is 1.01. The lowest BCUT2D eigenvalue weighted by Gasteiger charge is -2.30. The predicted molar refractivity (Wildman–Crippen MR) is 313 cm³/mol. The van der Waals surface area contributed by atoms with E-state index in [0.29, 0.717) is 5.69 Å². The second-order valence-corrected chi connectivity index (χ2v) is 19.6. The highest BCUT2D eigenvalue weighted by Gasteiger charge is 2.26. The Labute approximate surface area is 432 Å². The summed E-state index contributed by atoms with van der Waals surface area (Å²) in [7, 11) is 0. The zero-order chi connectivity index (χ0) is 50.0. The number of fused-ring (bicyclic) bond motifs is 3. The van der Waals surface area contributed by atoms with E-state index in [4.69, 9.17) is 4.42 Å². The van der Waals surface area contributed by atoms with Crippen molar-refractivity contribution in [2.24, 2.45) is 0 Å². The van der Waals surface area contributed by atoms with Crippen molar-refractivity contribution in [1.29, 1.82) is 0 Å². The Morgan fingerprint density at radius 1 is 0.365 bits per heavy atom. The molecule has 1 heterocycles. The molecule has 0 aliphatic rings. The number of aromatic hydroxyl groups is 1. The van der Waals surface area contributed by atoms with Crippen molar-refractivity contribution < 1.29 is 9.52 Å². The standard InChI is InChI=1S/C70H54N2O2/c1-5-46-15-7-9-19-54(46)50-17-11-18-51(43-50)56-21-13-25-64(68(56)73)71(52-35-27-44(3)28-36-52)62-41-33-48-32-40-61-63(42-34-49-31-39-60(62)66(48)67(49)61)72(53-37-29-45(4)30-38-53)65-26-14-24-59-58-23-12-22-57(69(58)74-70(59)65)55-20-10-8-16-47(55)6-2/h7-43,73H,5-6H2,1-4H3. The molecule has 356 valence electrons. The number of para-hydroxylation sites is 3. The number of furan rings is 1. The van der Waals surface area contributed by atoms with Gasteiger partial charge in [0.05, 0.1) is 22.7 Å². The van der Waals surface area contributed by atoms with Crippen LogP contribution < -0.4 is 9.80 Å². The van der Waals surface area contributed by atoms with Crippen molar-refractivity contribution in [2.75, 3.05) is 9.80 Å². The first-order valence-corrected chi connectivity index (χ1v) is 25.8. The van der Waals surface area contributed by atoms with E-state index in [9.17, 15) is 5.11 Å². The molecule has 0 aliphatic carbocycles. The van der Waals surface area contributed by atoms with Crippen LogP contribution >= 0.6 is 0 Å². The maximum absolute atomic E-state index is 12.7. The molecule has 1 N–H and O–H groups in total. The Kier molecular flexibility index (Phi) is 11.0. The van der Waals surface area contributed by atoms with Crippen LogP contribution in [-0.4, -0.2) is 5.11 Å². The summed E-state index contributed by atoms with van der Waals surface area (Å²) in [5.74, 6) is 0.220. The van der Waals surface area contributed by atoms with Crippen molar-refractivity contribution in [3.8, 4) is 39.1 Å². The number of anilines is 6. The van der Waals surface area contributed by atoms with Gasteiger partial charge in [0.25, 0.3) is 0 Å². The van der Waals surface area contributed by atoms with Gasteiger partial charge in [0, 0.05) is 44.0 Å². The van der Waals surface area contributed by atoms with Crippen molar-refractivity contribution in [3.63, 3.8) is 0 Å². The molecule has 0 saturated heterocycles. The van der Waals surface area contributed by atoms with Gasteiger partial charge in [0.15, 0.2) is 5.58 Å². The lowest BCUT2D eigenvalue weighted by molar-refractivity contribution is 0.478. The zero-order valence-electron chi connectivity index (χ0n) is 42.0. The third kappa shape index (κ3) is 7.36. The van der Waals surface area contributed by atoms with Gasteiger partial charge in [-0.1, -0.05) is 195 Å². The van der Waals surface area contributed by atoms with E-state index >= 15 is 0 Å². The second kappa shape index (κ2) is 18.2. The molecule has 13 rings (SSSR count). The Bertz CT molecular complexity index is 4260. The molecule has 1 aromatic heterocycles. The van der Waals surface area contributed by atoms with E-state index in [2.05, 4.69) is 250 Å². The monoisotopic (exact) mass is 954 g/mol. The fourth-order valence-corrected chi connectivity index (χ4v) is 11.6. The molecule has 0 fully saturated rings. The quantitative estimate of drug-likeness (QED) is 0.131. The first kappa shape index (κ1) is 44.8. The normalized spacial score (nSPS) is 11.7. The van der Waals surface area contributed by atoms with Gasteiger partial charge in [0.2, 0.25) is 0 Å². The molecule has 0 amide bonds. The summed E-state index contributed by atoms with van der Waals surface area (Å²) in [6, 6.07) is 80.5. The summed E-state index contributed by atoms with van der Waals surface area (Å²) in [5.41, 5.74) is 18.7. The van der Waals surface area contributed by atoms with Gasteiger partial charge in [-0.05, 0) is 136 Å². The SMILES string of the molecule is CCc1ccccc1-c1cccc(-c2cccc(N(c3ccc(C)cc3)c3ccc4ccc5c(N(c6ccc(C)cc6)c6cccc7c6oc6c(-c8ccccc8CC)cccc67)ccc6ccc3c4c65)c2O)c1.